The number of aliphatic hydroxyl groups is 1. The normalized spacial score (nSPS) is 14.0. The second-order valence-electron chi connectivity index (χ2n) is 11.4. The molecule has 3 rings (SSSR count). The van der Waals surface area contributed by atoms with Crippen LogP contribution in [0.1, 0.15) is 57.1 Å². The van der Waals surface area contributed by atoms with Crippen LogP contribution in [0.3, 0.4) is 0 Å². The number of halogens is 2. The van der Waals surface area contributed by atoms with E-state index in [4.69, 9.17) is 11.5 Å². The Morgan fingerprint density at radius 1 is 0.850 bits per heavy atom. The number of ketones is 2. The lowest BCUT2D eigenvalue weighted by Gasteiger charge is -2.25. The summed E-state index contributed by atoms with van der Waals surface area (Å²) in [5.41, 5.74) is 15.2. The number of carbonyl (C=O) groups excluding carboxylic acids is 2. The lowest BCUT2D eigenvalue weighted by atomic mass is 9.80. The number of hydrogen-bond donors (Lipinski definition) is 3. The maximum absolute atomic E-state index is 13.9. The number of rotatable bonds is 15. The van der Waals surface area contributed by atoms with E-state index in [1.54, 1.807) is 0 Å². The molecule has 0 bridgehead atoms. The smallest absolute Gasteiger partial charge is 0.162 e. The van der Waals surface area contributed by atoms with Crippen molar-refractivity contribution in [3.8, 4) is 11.1 Å². The summed E-state index contributed by atoms with van der Waals surface area (Å²) in [6.07, 6.45) is 0.689. The summed E-state index contributed by atoms with van der Waals surface area (Å²) in [5, 5.41) is 10.6. The van der Waals surface area contributed by atoms with E-state index in [-0.39, 0.29) is 48.2 Å². The Kier molecular flexibility index (Phi) is 11.3. The van der Waals surface area contributed by atoms with E-state index >= 15 is 0 Å². The Morgan fingerprint density at radius 2 is 1.48 bits per heavy atom. The molecular formula is C33H40F2N2O3. The molecule has 0 aliphatic rings. The highest BCUT2D eigenvalue weighted by Crippen LogP contribution is 2.29. The van der Waals surface area contributed by atoms with Crippen LogP contribution in [0.5, 0.6) is 0 Å². The topological polar surface area (TPSA) is 106 Å². The van der Waals surface area contributed by atoms with Crippen LogP contribution in [-0.2, 0) is 22.4 Å². The average molecular weight is 551 g/mol. The third-order valence-electron chi connectivity index (χ3n) is 7.38. The van der Waals surface area contributed by atoms with E-state index in [1.165, 1.54) is 0 Å². The van der Waals surface area contributed by atoms with Crippen molar-refractivity contribution in [2.45, 2.75) is 77.0 Å². The van der Waals surface area contributed by atoms with Gasteiger partial charge in [-0.1, -0.05) is 68.4 Å². The number of Topliss-reactive ketones (excluding diaryl/α,β-unsaturated/α-hetero) is 2. The molecule has 0 saturated carbocycles. The first-order chi connectivity index (χ1) is 18.9. The molecule has 0 saturated heterocycles. The molecule has 0 amide bonds. The lowest BCUT2D eigenvalue weighted by molar-refractivity contribution is -0.128. The molecule has 0 aliphatic heterocycles. The van der Waals surface area contributed by atoms with Gasteiger partial charge in [-0.25, -0.2) is 8.78 Å². The Balaban J connectivity index is 1.40. The summed E-state index contributed by atoms with van der Waals surface area (Å²) in [7, 11) is 0. The van der Waals surface area contributed by atoms with Crippen molar-refractivity contribution in [3.05, 3.63) is 95.6 Å². The number of carbonyl (C=O) groups is 2. The number of hydrogen-bond acceptors (Lipinski definition) is 5. The third kappa shape index (κ3) is 9.73. The van der Waals surface area contributed by atoms with Crippen LogP contribution in [0.4, 0.5) is 8.78 Å². The fourth-order valence-electron chi connectivity index (χ4n) is 4.75. The SMILES string of the molecule is CC(C)(CCC(=O)CC(N)Cc1cc(F)ccc1F)CCC(=O)C(O)C(N)Cc1ccc(-c2ccccc2)cc1. The minimum absolute atomic E-state index is 0.0604. The largest absolute Gasteiger partial charge is 0.384 e. The predicted octanol–water partition coefficient (Wildman–Crippen LogP) is 5.55. The Bertz CT molecular complexity index is 1260. The van der Waals surface area contributed by atoms with Gasteiger partial charge in [0.1, 0.15) is 23.5 Å². The van der Waals surface area contributed by atoms with Gasteiger partial charge in [-0.15, -0.1) is 0 Å². The molecule has 7 heteroatoms. The minimum atomic E-state index is -1.27. The molecule has 5 nitrogen and oxygen atoms in total. The van der Waals surface area contributed by atoms with Crippen LogP contribution in [0.2, 0.25) is 0 Å². The van der Waals surface area contributed by atoms with Crippen LogP contribution < -0.4 is 11.5 Å². The molecule has 0 radical (unpaired) electrons. The molecule has 0 aliphatic carbocycles. The molecule has 3 aromatic rings. The second-order valence-corrected chi connectivity index (χ2v) is 11.4. The first-order valence-corrected chi connectivity index (χ1v) is 13.8. The summed E-state index contributed by atoms with van der Waals surface area (Å²) in [6.45, 7) is 3.94. The van der Waals surface area contributed by atoms with Crippen molar-refractivity contribution in [2.75, 3.05) is 0 Å². The Hall–Kier alpha value is -3.26. The minimum Gasteiger partial charge on any atom is -0.384 e. The van der Waals surface area contributed by atoms with Gasteiger partial charge < -0.3 is 16.6 Å². The predicted molar refractivity (Wildman–Crippen MR) is 154 cm³/mol. The Morgan fingerprint density at radius 3 is 2.15 bits per heavy atom. The molecule has 3 unspecified atom stereocenters. The van der Waals surface area contributed by atoms with Crippen molar-refractivity contribution >= 4 is 11.6 Å². The molecular weight excluding hydrogens is 510 g/mol. The zero-order valence-corrected chi connectivity index (χ0v) is 23.3. The fourth-order valence-corrected chi connectivity index (χ4v) is 4.75. The van der Waals surface area contributed by atoms with Gasteiger partial charge in [0, 0.05) is 31.3 Å². The number of nitrogens with two attached hydrogens (primary N) is 2. The molecule has 0 fully saturated rings. The van der Waals surface area contributed by atoms with Gasteiger partial charge in [-0.05, 0) is 71.6 Å². The first kappa shape index (κ1) is 31.3. The molecule has 5 N–H and O–H groups in total. The van der Waals surface area contributed by atoms with Crippen molar-refractivity contribution in [2.24, 2.45) is 16.9 Å². The third-order valence-corrected chi connectivity index (χ3v) is 7.38. The molecule has 40 heavy (non-hydrogen) atoms. The maximum Gasteiger partial charge on any atom is 0.162 e. The molecule has 3 aromatic carbocycles. The van der Waals surface area contributed by atoms with Gasteiger partial charge in [-0.3, -0.25) is 9.59 Å². The van der Waals surface area contributed by atoms with Gasteiger partial charge in [0.25, 0.3) is 0 Å². The van der Waals surface area contributed by atoms with E-state index in [0.29, 0.717) is 19.3 Å². The quantitative estimate of drug-likeness (QED) is 0.230. The number of benzene rings is 3. The summed E-state index contributed by atoms with van der Waals surface area (Å²) in [5.74, 6) is -1.47. The number of aliphatic hydroxyl groups excluding tert-OH is 1. The lowest BCUT2D eigenvalue weighted by Crippen LogP contribution is -2.42. The van der Waals surface area contributed by atoms with Crippen molar-refractivity contribution in [3.63, 3.8) is 0 Å². The van der Waals surface area contributed by atoms with Crippen LogP contribution in [-0.4, -0.2) is 34.9 Å². The summed E-state index contributed by atoms with van der Waals surface area (Å²) < 4.78 is 27.2. The second kappa shape index (κ2) is 14.4. The van der Waals surface area contributed by atoms with Crippen molar-refractivity contribution in [1.82, 2.24) is 0 Å². The highest BCUT2D eigenvalue weighted by molar-refractivity contribution is 5.83. The van der Waals surface area contributed by atoms with Gasteiger partial charge in [0.2, 0.25) is 0 Å². The van der Waals surface area contributed by atoms with Gasteiger partial charge in [-0.2, -0.15) is 0 Å². The maximum atomic E-state index is 13.9. The van der Waals surface area contributed by atoms with E-state index in [9.17, 15) is 23.5 Å². The van der Waals surface area contributed by atoms with E-state index in [0.717, 1.165) is 34.9 Å². The monoisotopic (exact) mass is 550 g/mol. The average Bonchev–Trinajstić information content (AvgIpc) is 2.93. The molecule has 3 atom stereocenters. The summed E-state index contributed by atoms with van der Waals surface area (Å²) in [4.78, 5) is 25.2. The summed E-state index contributed by atoms with van der Waals surface area (Å²) in [6, 6.07) is 19.8. The molecule has 0 spiro atoms. The highest BCUT2D eigenvalue weighted by Gasteiger charge is 2.27. The molecule has 214 valence electrons. The van der Waals surface area contributed by atoms with Crippen LogP contribution in [0, 0.1) is 17.0 Å². The highest BCUT2D eigenvalue weighted by atomic mass is 19.1. The van der Waals surface area contributed by atoms with E-state index in [2.05, 4.69) is 0 Å². The van der Waals surface area contributed by atoms with Gasteiger partial charge >= 0.3 is 0 Å². The Labute approximate surface area is 235 Å². The van der Waals surface area contributed by atoms with Gasteiger partial charge in [0.15, 0.2) is 5.78 Å². The van der Waals surface area contributed by atoms with Crippen LogP contribution in [0.15, 0.2) is 72.8 Å². The van der Waals surface area contributed by atoms with Crippen LogP contribution >= 0.6 is 0 Å². The van der Waals surface area contributed by atoms with Gasteiger partial charge in [0.05, 0.1) is 0 Å². The van der Waals surface area contributed by atoms with E-state index < -0.39 is 29.8 Å². The van der Waals surface area contributed by atoms with E-state index in [1.807, 2.05) is 68.4 Å². The fraction of sp³-hybridized carbons (Fsp3) is 0.394. The zero-order chi connectivity index (χ0) is 29.3. The molecule has 0 heterocycles. The van der Waals surface area contributed by atoms with Crippen LogP contribution in [0.25, 0.3) is 11.1 Å². The zero-order valence-electron chi connectivity index (χ0n) is 23.3. The van der Waals surface area contributed by atoms with Crippen molar-refractivity contribution < 1.29 is 23.5 Å². The standard InChI is InChI=1S/C33H40F2N2O3/c1-33(2,16-14-28(38)21-27(36)20-25-19-26(34)12-13-29(25)35)17-15-31(39)32(40)30(37)18-22-8-10-24(11-9-22)23-6-4-3-5-7-23/h3-13,19,27,30,32,40H,14-18,20-21,36-37H2,1-2H3. The summed E-state index contributed by atoms with van der Waals surface area (Å²) >= 11 is 0. The molecule has 0 aromatic heterocycles. The van der Waals surface area contributed by atoms with Crippen molar-refractivity contribution in [1.29, 1.82) is 0 Å². The first-order valence-electron chi connectivity index (χ1n) is 13.8.